The van der Waals surface area contributed by atoms with Gasteiger partial charge in [0.1, 0.15) is 10.6 Å². The molecule has 20 heavy (non-hydrogen) atoms. The summed E-state index contributed by atoms with van der Waals surface area (Å²) in [5.74, 6) is 1.60. The average molecular weight is 294 g/mol. The minimum atomic E-state index is 0.132. The Morgan fingerprint density at radius 2 is 2.10 bits per heavy atom. The number of hydrogen-bond acceptors (Lipinski definition) is 6. The van der Waals surface area contributed by atoms with Gasteiger partial charge in [-0.1, -0.05) is 13.8 Å². The number of nitrogens with zero attached hydrogens (tertiary/aromatic N) is 3. The first-order valence-corrected chi connectivity index (χ1v) is 8.03. The number of aliphatic hydroxyl groups is 1. The van der Waals surface area contributed by atoms with Crippen LogP contribution in [-0.4, -0.2) is 41.3 Å². The van der Waals surface area contributed by atoms with Gasteiger partial charge in [0.2, 0.25) is 5.95 Å². The van der Waals surface area contributed by atoms with E-state index in [1.165, 1.54) is 0 Å². The number of hydrogen-bond donors (Lipinski definition) is 2. The molecule has 0 saturated heterocycles. The lowest BCUT2D eigenvalue weighted by atomic mass is 10.3. The van der Waals surface area contributed by atoms with E-state index in [2.05, 4.69) is 40.1 Å². The fraction of sp³-hybridized carbons (Fsp3) is 0.571. The van der Waals surface area contributed by atoms with Gasteiger partial charge < -0.3 is 15.3 Å². The van der Waals surface area contributed by atoms with Crippen molar-refractivity contribution in [3.8, 4) is 0 Å². The zero-order chi connectivity index (χ0) is 14.4. The van der Waals surface area contributed by atoms with Crippen molar-refractivity contribution < 1.29 is 5.11 Å². The molecule has 0 spiro atoms. The Hall–Kier alpha value is -1.40. The Bertz CT molecular complexity index is 537. The molecular formula is C14H22N4OS. The fourth-order valence-electron chi connectivity index (χ4n) is 2.11. The van der Waals surface area contributed by atoms with E-state index in [0.29, 0.717) is 12.5 Å². The first-order valence-electron chi connectivity index (χ1n) is 7.15. The largest absolute Gasteiger partial charge is 0.395 e. The van der Waals surface area contributed by atoms with E-state index in [4.69, 9.17) is 0 Å². The van der Waals surface area contributed by atoms with E-state index >= 15 is 0 Å². The maximum absolute atomic E-state index is 9.26. The van der Waals surface area contributed by atoms with E-state index in [-0.39, 0.29) is 6.61 Å². The molecule has 110 valence electrons. The predicted octanol–water partition coefficient (Wildman–Crippen LogP) is 2.72. The summed E-state index contributed by atoms with van der Waals surface area (Å²) in [6.45, 7) is 6.73. The lowest BCUT2D eigenvalue weighted by Gasteiger charge is -2.23. The molecule has 2 heterocycles. The molecule has 0 bridgehead atoms. The second-order valence-electron chi connectivity index (χ2n) is 4.65. The van der Waals surface area contributed by atoms with Crippen LogP contribution in [0.3, 0.4) is 0 Å². The van der Waals surface area contributed by atoms with Crippen LogP contribution in [-0.2, 0) is 0 Å². The van der Waals surface area contributed by atoms with Crippen LogP contribution in [0.1, 0.15) is 26.7 Å². The highest BCUT2D eigenvalue weighted by Crippen LogP contribution is 2.29. The van der Waals surface area contributed by atoms with Crippen molar-refractivity contribution in [3.63, 3.8) is 0 Å². The van der Waals surface area contributed by atoms with Gasteiger partial charge in [0, 0.05) is 19.6 Å². The third-order valence-electron chi connectivity index (χ3n) is 3.00. The number of nitrogens with one attached hydrogen (secondary N) is 1. The Morgan fingerprint density at radius 3 is 2.80 bits per heavy atom. The summed E-state index contributed by atoms with van der Waals surface area (Å²) < 4.78 is 0. The van der Waals surface area contributed by atoms with Gasteiger partial charge in [-0.15, -0.1) is 11.3 Å². The SMILES string of the molecule is CCCNc1nc(N(CCC)CCO)c2ccsc2n1. The summed E-state index contributed by atoms with van der Waals surface area (Å²) in [6, 6.07) is 2.05. The van der Waals surface area contributed by atoms with Gasteiger partial charge >= 0.3 is 0 Å². The van der Waals surface area contributed by atoms with Gasteiger partial charge in [0.15, 0.2) is 0 Å². The molecule has 2 rings (SSSR count). The standard InChI is InChI=1S/C14H22N4OS/c1-3-6-15-14-16-12(18(7-4-2)8-9-19)11-5-10-20-13(11)17-14/h5,10,19H,3-4,6-9H2,1-2H3,(H,15,16,17). The van der Waals surface area contributed by atoms with Crippen LogP contribution in [0.15, 0.2) is 11.4 Å². The van der Waals surface area contributed by atoms with Gasteiger partial charge in [0.25, 0.3) is 0 Å². The van der Waals surface area contributed by atoms with E-state index in [1.807, 2.05) is 5.38 Å². The number of anilines is 2. The van der Waals surface area contributed by atoms with Gasteiger partial charge in [0.05, 0.1) is 12.0 Å². The maximum Gasteiger partial charge on any atom is 0.226 e. The van der Waals surface area contributed by atoms with Crippen LogP contribution in [0.4, 0.5) is 11.8 Å². The van der Waals surface area contributed by atoms with E-state index in [0.717, 1.165) is 42.0 Å². The van der Waals surface area contributed by atoms with Crippen LogP contribution in [0.2, 0.25) is 0 Å². The molecule has 0 aliphatic carbocycles. The fourth-order valence-corrected chi connectivity index (χ4v) is 2.87. The van der Waals surface area contributed by atoms with Gasteiger partial charge in [-0.2, -0.15) is 4.98 Å². The number of fused-ring (bicyclic) bond motifs is 1. The summed E-state index contributed by atoms with van der Waals surface area (Å²) in [6.07, 6.45) is 2.06. The van der Waals surface area contributed by atoms with Crippen molar-refractivity contribution in [1.29, 1.82) is 0 Å². The molecule has 0 aliphatic rings. The van der Waals surface area contributed by atoms with Crippen LogP contribution in [0, 0.1) is 0 Å². The van der Waals surface area contributed by atoms with Crippen molar-refractivity contribution in [2.75, 3.05) is 36.5 Å². The number of aliphatic hydroxyl groups excluding tert-OH is 1. The molecule has 2 aromatic heterocycles. The zero-order valence-corrected chi connectivity index (χ0v) is 12.9. The molecule has 0 fully saturated rings. The van der Waals surface area contributed by atoms with Crippen LogP contribution in [0.5, 0.6) is 0 Å². The molecule has 0 atom stereocenters. The van der Waals surface area contributed by atoms with Gasteiger partial charge in [-0.25, -0.2) is 4.98 Å². The second kappa shape index (κ2) is 7.40. The third-order valence-corrected chi connectivity index (χ3v) is 3.81. The van der Waals surface area contributed by atoms with Crippen molar-refractivity contribution in [3.05, 3.63) is 11.4 Å². The van der Waals surface area contributed by atoms with Crippen LogP contribution >= 0.6 is 11.3 Å². The molecule has 0 amide bonds. The minimum absolute atomic E-state index is 0.132. The number of aromatic nitrogens is 2. The predicted molar refractivity (Wildman–Crippen MR) is 85.8 cm³/mol. The average Bonchev–Trinajstić information content (AvgIpc) is 2.92. The Kier molecular flexibility index (Phi) is 5.55. The summed E-state index contributed by atoms with van der Waals surface area (Å²) in [5, 5.41) is 15.6. The molecule has 0 aromatic carbocycles. The second-order valence-corrected chi connectivity index (χ2v) is 5.54. The maximum atomic E-state index is 9.26. The summed E-state index contributed by atoms with van der Waals surface area (Å²) in [4.78, 5) is 12.3. The minimum Gasteiger partial charge on any atom is -0.395 e. The smallest absolute Gasteiger partial charge is 0.226 e. The first kappa shape index (κ1) is 15.0. The lowest BCUT2D eigenvalue weighted by Crippen LogP contribution is -2.28. The van der Waals surface area contributed by atoms with E-state index < -0.39 is 0 Å². The normalized spacial score (nSPS) is 10.9. The topological polar surface area (TPSA) is 61.3 Å². The molecule has 2 aromatic rings. The number of rotatable bonds is 8. The summed E-state index contributed by atoms with van der Waals surface area (Å²) in [5.41, 5.74) is 0. The molecule has 2 N–H and O–H groups in total. The molecule has 5 nitrogen and oxygen atoms in total. The highest BCUT2D eigenvalue weighted by Gasteiger charge is 2.14. The summed E-state index contributed by atoms with van der Waals surface area (Å²) >= 11 is 1.62. The highest BCUT2D eigenvalue weighted by molar-refractivity contribution is 7.16. The van der Waals surface area contributed by atoms with E-state index in [1.54, 1.807) is 11.3 Å². The quantitative estimate of drug-likeness (QED) is 0.784. The molecule has 0 radical (unpaired) electrons. The Balaban J connectivity index is 2.39. The van der Waals surface area contributed by atoms with Gasteiger partial charge in [-0.3, -0.25) is 0 Å². The van der Waals surface area contributed by atoms with Crippen molar-refractivity contribution in [2.24, 2.45) is 0 Å². The monoisotopic (exact) mass is 294 g/mol. The first-order chi connectivity index (χ1) is 9.80. The molecule has 0 saturated carbocycles. The van der Waals surface area contributed by atoms with E-state index in [9.17, 15) is 5.11 Å². The summed E-state index contributed by atoms with van der Waals surface area (Å²) in [7, 11) is 0. The van der Waals surface area contributed by atoms with Crippen molar-refractivity contribution >= 4 is 33.3 Å². The number of thiophene rings is 1. The van der Waals surface area contributed by atoms with Gasteiger partial charge in [-0.05, 0) is 24.3 Å². The van der Waals surface area contributed by atoms with Crippen LogP contribution < -0.4 is 10.2 Å². The Labute approximate surface area is 123 Å². The molecular weight excluding hydrogens is 272 g/mol. The molecule has 0 unspecified atom stereocenters. The van der Waals surface area contributed by atoms with Crippen molar-refractivity contribution in [1.82, 2.24) is 9.97 Å². The third kappa shape index (κ3) is 3.37. The van der Waals surface area contributed by atoms with Crippen LogP contribution in [0.25, 0.3) is 10.2 Å². The molecule has 6 heteroatoms. The molecule has 0 aliphatic heterocycles. The lowest BCUT2D eigenvalue weighted by molar-refractivity contribution is 0.301. The highest BCUT2D eigenvalue weighted by atomic mass is 32.1. The van der Waals surface area contributed by atoms with Crippen molar-refractivity contribution in [2.45, 2.75) is 26.7 Å². The zero-order valence-electron chi connectivity index (χ0n) is 12.1. The Morgan fingerprint density at radius 1 is 1.25 bits per heavy atom.